The maximum absolute atomic E-state index is 13.9. The van der Waals surface area contributed by atoms with Crippen molar-refractivity contribution in [1.82, 2.24) is 14.5 Å². The van der Waals surface area contributed by atoms with Crippen LogP contribution in [0.25, 0.3) is 0 Å². The van der Waals surface area contributed by atoms with E-state index < -0.39 is 0 Å². The second-order valence-electron chi connectivity index (χ2n) is 4.89. The van der Waals surface area contributed by atoms with Crippen molar-refractivity contribution in [3.63, 3.8) is 0 Å². The summed E-state index contributed by atoms with van der Waals surface area (Å²) in [5.41, 5.74) is 1.55. The minimum atomic E-state index is -0.274. The summed E-state index contributed by atoms with van der Waals surface area (Å²) in [5, 5.41) is 9.20. The van der Waals surface area contributed by atoms with Gasteiger partial charge >= 0.3 is 0 Å². The van der Waals surface area contributed by atoms with Crippen molar-refractivity contribution in [2.45, 2.75) is 13.1 Å². The molecular formula is C15H20FN3O2. The zero-order valence-corrected chi connectivity index (χ0v) is 12.3. The lowest BCUT2D eigenvalue weighted by atomic mass is 10.2. The predicted octanol–water partition coefficient (Wildman–Crippen LogP) is 1.56. The molecule has 1 aromatic carbocycles. The van der Waals surface area contributed by atoms with E-state index in [1.165, 1.54) is 6.07 Å². The van der Waals surface area contributed by atoms with E-state index in [2.05, 4.69) is 4.98 Å². The highest BCUT2D eigenvalue weighted by molar-refractivity contribution is 5.29. The zero-order chi connectivity index (χ0) is 15.2. The van der Waals surface area contributed by atoms with Crippen LogP contribution in [0.4, 0.5) is 4.39 Å². The number of halogens is 1. The molecule has 1 aromatic heterocycles. The Bertz CT molecular complexity index is 586. The lowest BCUT2D eigenvalue weighted by molar-refractivity contribution is 0.180. The topological polar surface area (TPSA) is 50.5 Å². The molecule has 0 aliphatic rings. The molecule has 21 heavy (non-hydrogen) atoms. The SMILES string of the molecule is COc1ccc(F)c(CN(CCO)Cc2cncn2C)c1. The van der Waals surface area contributed by atoms with Crippen LogP contribution in [0.3, 0.4) is 0 Å². The van der Waals surface area contributed by atoms with E-state index in [4.69, 9.17) is 4.74 Å². The number of aromatic nitrogens is 2. The summed E-state index contributed by atoms with van der Waals surface area (Å²) in [4.78, 5) is 6.03. The van der Waals surface area contributed by atoms with Gasteiger partial charge in [-0.05, 0) is 18.2 Å². The van der Waals surface area contributed by atoms with Gasteiger partial charge in [0.15, 0.2) is 0 Å². The summed E-state index contributed by atoms with van der Waals surface area (Å²) in [6.45, 7) is 1.47. The van der Waals surface area contributed by atoms with Crippen molar-refractivity contribution < 1.29 is 14.2 Å². The summed E-state index contributed by atoms with van der Waals surface area (Å²) in [6, 6.07) is 4.68. The average molecular weight is 293 g/mol. The van der Waals surface area contributed by atoms with Gasteiger partial charge in [0, 0.05) is 38.4 Å². The average Bonchev–Trinajstić information content (AvgIpc) is 2.87. The number of imidazole rings is 1. The molecule has 2 aromatic rings. The Morgan fingerprint density at radius 3 is 2.81 bits per heavy atom. The fourth-order valence-electron chi connectivity index (χ4n) is 2.16. The first-order valence-electron chi connectivity index (χ1n) is 6.75. The first-order chi connectivity index (χ1) is 10.1. The van der Waals surface area contributed by atoms with Gasteiger partial charge in [-0.3, -0.25) is 4.90 Å². The van der Waals surface area contributed by atoms with Gasteiger partial charge < -0.3 is 14.4 Å². The van der Waals surface area contributed by atoms with Gasteiger partial charge in [-0.25, -0.2) is 9.37 Å². The van der Waals surface area contributed by atoms with Crippen LogP contribution < -0.4 is 4.74 Å². The van der Waals surface area contributed by atoms with Crippen LogP contribution in [0.15, 0.2) is 30.7 Å². The number of aliphatic hydroxyl groups is 1. The van der Waals surface area contributed by atoms with E-state index in [-0.39, 0.29) is 12.4 Å². The maximum Gasteiger partial charge on any atom is 0.127 e. The van der Waals surface area contributed by atoms with Crippen LogP contribution in [-0.4, -0.2) is 39.8 Å². The smallest absolute Gasteiger partial charge is 0.127 e. The summed E-state index contributed by atoms with van der Waals surface area (Å²) in [7, 11) is 3.46. The zero-order valence-electron chi connectivity index (χ0n) is 12.3. The third-order valence-electron chi connectivity index (χ3n) is 3.37. The van der Waals surface area contributed by atoms with Crippen molar-refractivity contribution in [3.05, 3.63) is 47.8 Å². The molecule has 0 saturated carbocycles. The minimum absolute atomic E-state index is 0.0173. The molecular weight excluding hydrogens is 273 g/mol. The van der Waals surface area contributed by atoms with Gasteiger partial charge in [0.1, 0.15) is 11.6 Å². The fraction of sp³-hybridized carbons (Fsp3) is 0.400. The summed E-state index contributed by atoms with van der Waals surface area (Å²) in [5.74, 6) is 0.347. The van der Waals surface area contributed by atoms with Gasteiger partial charge in [-0.2, -0.15) is 0 Å². The Hall–Kier alpha value is -1.92. The molecule has 0 bridgehead atoms. The van der Waals surface area contributed by atoms with Crippen LogP contribution in [-0.2, 0) is 20.1 Å². The standard InChI is InChI=1S/C15H20FN3O2/c1-18-11-17-8-13(18)10-19(5-6-20)9-12-7-14(21-2)3-4-15(12)16/h3-4,7-8,11,20H,5-6,9-10H2,1-2H3. The molecule has 0 spiro atoms. The van der Waals surface area contributed by atoms with Crippen LogP contribution in [0.2, 0.25) is 0 Å². The van der Waals surface area contributed by atoms with E-state index in [0.717, 1.165) is 5.69 Å². The molecule has 0 aliphatic heterocycles. The van der Waals surface area contributed by atoms with Crippen LogP contribution in [0.1, 0.15) is 11.3 Å². The van der Waals surface area contributed by atoms with Crippen molar-refractivity contribution in [3.8, 4) is 5.75 Å². The normalized spacial score (nSPS) is 11.1. The third-order valence-corrected chi connectivity index (χ3v) is 3.37. The van der Waals surface area contributed by atoms with E-state index in [1.807, 2.05) is 16.5 Å². The quantitative estimate of drug-likeness (QED) is 0.842. The second kappa shape index (κ2) is 7.19. The molecule has 2 rings (SSSR count). The number of nitrogens with zero attached hydrogens (tertiary/aromatic N) is 3. The lowest BCUT2D eigenvalue weighted by Crippen LogP contribution is -2.27. The van der Waals surface area contributed by atoms with Gasteiger partial charge in [0.25, 0.3) is 0 Å². The van der Waals surface area contributed by atoms with Crippen molar-refractivity contribution in [2.75, 3.05) is 20.3 Å². The van der Waals surface area contributed by atoms with Crippen molar-refractivity contribution in [1.29, 1.82) is 0 Å². The molecule has 0 aliphatic carbocycles. The fourth-order valence-corrected chi connectivity index (χ4v) is 2.16. The lowest BCUT2D eigenvalue weighted by Gasteiger charge is -2.22. The van der Waals surface area contributed by atoms with Gasteiger partial charge in [0.2, 0.25) is 0 Å². The first-order valence-corrected chi connectivity index (χ1v) is 6.75. The molecule has 0 fully saturated rings. The molecule has 0 unspecified atom stereocenters. The molecule has 6 heteroatoms. The third kappa shape index (κ3) is 4.03. The summed E-state index contributed by atoms with van der Waals surface area (Å²) < 4.78 is 20.9. The Kier molecular flexibility index (Phi) is 5.30. The number of benzene rings is 1. The molecule has 114 valence electrons. The molecule has 0 atom stereocenters. The van der Waals surface area contributed by atoms with Gasteiger partial charge in [-0.15, -0.1) is 0 Å². The van der Waals surface area contributed by atoms with Crippen molar-refractivity contribution in [2.24, 2.45) is 7.05 Å². The summed E-state index contributed by atoms with van der Waals surface area (Å²) >= 11 is 0. The van der Waals surface area contributed by atoms with Crippen molar-refractivity contribution >= 4 is 0 Å². The van der Waals surface area contributed by atoms with Gasteiger partial charge in [-0.1, -0.05) is 0 Å². The van der Waals surface area contributed by atoms with Crippen LogP contribution in [0.5, 0.6) is 5.75 Å². The predicted molar refractivity (Wildman–Crippen MR) is 77.4 cm³/mol. The monoisotopic (exact) mass is 293 g/mol. The number of hydrogen-bond acceptors (Lipinski definition) is 4. The molecule has 1 heterocycles. The number of methoxy groups -OCH3 is 1. The van der Waals surface area contributed by atoms with E-state index in [9.17, 15) is 9.50 Å². The van der Waals surface area contributed by atoms with Crippen LogP contribution >= 0.6 is 0 Å². The number of rotatable bonds is 7. The highest BCUT2D eigenvalue weighted by atomic mass is 19.1. The number of aliphatic hydroxyl groups excluding tert-OH is 1. The Balaban J connectivity index is 2.14. The first kappa shape index (κ1) is 15.5. The van der Waals surface area contributed by atoms with Crippen LogP contribution in [0, 0.1) is 5.82 Å². The second-order valence-corrected chi connectivity index (χ2v) is 4.89. The molecule has 0 amide bonds. The molecule has 5 nitrogen and oxygen atoms in total. The Morgan fingerprint density at radius 2 is 2.19 bits per heavy atom. The Labute approximate surface area is 123 Å². The Morgan fingerprint density at radius 1 is 1.38 bits per heavy atom. The number of hydrogen-bond donors (Lipinski definition) is 1. The number of aryl methyl sites for hydroxylation is 1. The molecule has 0 radical (unpaired) electrons. The van der Waals surface area contributed by atoms with Gasteiger partial charge in [0.05, 0.1) is 25.7 Å². The van der Waals surface area contributed by atoms with E-state index >= 15 is 0 Å². The minimum Gasteiger partial charge on any atom is -0.497 e. The number of ether oxygens (including phenoxy) is 1. The summed E-state index contributed by atoms with van der Waals surface area (Å²) in [6.07, 6.45) is 3.49. The highest BCUT2D eigenvalue weighted by Crippen LogP contribution is 2.19. The van der Waals surface area contributed by atoms with E-state index in [0.29, 0.717) is 30.9 Å². The maximum atomic E-state index is 13.9. The largest absolute Gasteiger partial charge is 0.497 e. The molecule has 1 N–H and O–H groups in total. The highest BCUT2D eigenvalue weighted by Gasteiger charge is 2.12. The molecule has 0 saturated heterocycles. The van der Waals surface area contributed by atoms with E-state index in [1.54, 1.807) is 31.8 Å².